The van der Waals surface area contributed by atoms with E-state index in [9.17, 15) is 13.6 Å². The molecular formula is C15H21ClF2N2O2. The van der Waals surface area contributed by atoms with Gasteiger partial charge in [-0.25, -0.2) is 8.78 Å². The number of ether oxygens (including phenoxy) is 1. The predicted octanol–water partition coefficient (Wildman–Crippen LogP) is 2.36. The molecule has 0 unspecified atom stereocenters. The highest BCUT2D eigenvalue weighted by molar-refractivity contribution is 5.94. The van der Waals surface area contributed by atoms with Gasteiger partial charge in [-0.3, -0.25) is 4.79 Å². The van der Waals surface area contributed by atoms with E-state index in [1.54, 1.807) is 4.90 Å². The molecule has 4 nitrogen and oxygen atoms in total. The standard InChI is InChI=1S/C15H20F2N2O2.ClH/c16-12-8-11(9-13(17)10-12)15(20)19-5-2-14(3-6-19)21-7-1-4-18;/h8-10,14H,1-7,18H2;1H. The van der Waals surface area contributed by atoms with Crippen LogP contribution in [0.25, 0.3) is 0 Å². The van der Waals surface area contributed by atoms with Gasteiger partial charge in [0.25, 0.3) is 5.91 Å². The number of nitrogens with two attached hydrogens (primary N) is 1. The first kappa shape index (κ1) is 18.8. The van der Waals surface area contributed by atoms with E-state index < -0.39 is 11.6 Å². The zero-order chi connectivity index (χ0) is 15.2. The first-order chi connectivity index (χ1) is 10.1. The fourth-order valence-corrected chi connectivity index (χ4v) is 2.42. The van der Waals surface area contributed by atoms with E-state index in [4.69, 9.17) is 10.5 Å². The summed E-state index contributed by atoms with van der Waals surface area (Å²) in [6.07, 6.45) is 2.41. The van der Waals surface area contributed by atoms with Crippen LogP contribution < -0.4 is 5.73 Å². The Morgan fingerprint density at radius 1 is 1.23 bits per heavy atom. The normalized spacial score (nSPS) is 15.5. The van der Waals surface area contributed by atoms with E-state index in [2.05, 4.69) is 0 Å². The summed E-state index contributed by atoms with van der Waals surface area (Å²) >= 11 is 0. The Labute approximate surface area is 135 Å². The Bertz CT molecular complexity index is 474. The first-order valence-electron chi connectivity index (χ1n) is 7.17. The minimum atomic E-state index is -0.738. The molecule has 124 valence electrons. The molecule has 0 atom stereocenters. The highest BCUT2D eigenvalue weighted by Crippen LogP contribution is 2.17. The number of carbonyl (C=O) groups is 1. The van der Waals surface area contributed by atoms with E-state index >= 15 is 0 Å². The second-order valence-corrected chi connectivity index (χ2v) is 5.16. The topological polar surface area (TPSA) is 55.6 Å². The summed E-state index contributed by atoms with van der Waals surface area (Å²) in [5.41, 5.74) is 5.45. The lowest BCUT2D eigenvalue weighted by molar-refractivity contribution is 0.00842. The van der Waals surface area contributed by atoms with Gasteiger partial charge in [-0.2, -0.15) is 0 Å². The molecule has 0 bridgehead atoms. The van der Waals surface area contributed by atoms with Crippen LogP contribution in [0.4, 0.5) is 8.78 Å². The Kier molecular flexibility index (Phi) is 7.72. The highest BCUT2D eigenvalue weighted by Gasteiger charge is 2.24. The Hall–Kier alpha value is -1.24. The number of piperidine rings is 1. The van der Waals surface area contributed by atoms with Crippen LogP contribution in [0.15, 0.2) is 18.2 Å². The van der Waals surface area contributed by atoms with Crippen molar-refractivity contribution in [1.82, 2.24) is 4.90 Å². The largest absolute Gasteiger partial charge is 0.378 e. The molecule has 7 heteroatoms. The Morgan fingerprint density at radius 2 is 1.82 bits per heavy atom. The molecule has 2 rings (SSSR count). The van der Waals surface area contributed by atoms with Gasteiger partial charge in [0.1, 0.15) is 11.6 Å². The second-order valence-electron chi connectivity index (χ2n) is 5.16. The molecule has 0 saturated carbocycles. The van der Waals surface area contributed by atoms with E-state index in [1.807, 2.05) is 0 Å². The molecule has 1 aromatic carbocycles. The molecule has 1 saturated heterocycles. The van der Waals surface area contributed by atoms with Crippen molar-refractivity contribution in [2.24, 2.45) is 5.73 Å². The highest BCUT2D eigenvalue weighted by atomic mass is 35.5. The lowest BCUT2D eigenvalue weighted by Gasteiger charge is -2.32. The van der Waals surface area contributed by atoms with Crippen LogP contribution >= 0.6 is 12.4 Å². The molecule has 1 amide bonds. The maximum atomic E-state index is 13.1. The molecule has 0 spiro atoms. The molecule has 1 fully saturated rings. The lowest BCUT2D eigenvalue weighted by Crippen LogP contribution is -2.41. The van der Waals surface area contributed by atoms with Gasteiger partial charge in [-0.1, -0.05) is 0 Å². The average Bonchev–Trinajstić information content (AvgIpc) is 2.46. The fraction of sp³-hybridized carbons (Fsp3) is 0.533. The Morgan fingerprint density at radius 3 is 2.36 bits per heavy atom. The van der Waals surface area contributed by atoms with Crippen LogP contribution in [-0.2, 0) is 4.74 Å². The van der Waals surface area contributed by atoms with Gasteiger partial charge in [-0.05, 0) is 37.9 Å². The second kappa shape index (κ2) is 9.02. The first-order valence-corrected chi connectivity index (χ1v) is 7.17. The summed E-state index contributed by atoms with van der Waals surface area (Å²) in [7, 11) is 0. The van der Waals surface area contributed by atoms with Crippen LogP contribution in [0.1, 0.15) is 29.6 Å². The molecule has 0 radical (unpaired) electrons. The molecule has 2 N–H and O–H groups in total. The lowest BCUT2D eigenvalue weighted by atomic mass is 10.1. The number of hydrogen-bond acceptors (Lipinski definition) is 3. The molecular weight excluding hydrogens is 314 g/mol. The molecule has 1 heterocycles. The number of nitrogens with zero attached hydrogens (tertiary/aromatic N) is 1. The van der Waals surface area contributed by atoms with E-state index in [0.717, 1.165) is 37.5 Å². The number of benzene rings is 1. The third kappa shape index (κ3) is 5.19. The average molecular weight is 335 g/mol. The van der Waals surface area contributed by atoms with E-state index in [1.165, 1.54) is 0 Å². The summed E-state index contributed by atoms with van der Waals surface area (Å²) < 4.78 is 32.0. The van der Waals surface area contributed by atoms with Crippen molar-refractivity contribution in [3.8, 4) is 0 Å². The number of rotatable bonds is 5. The molecule has 0 aliphatic carbocycles. The van der Waals surface area contributed by atoms with Crippen molar-refractivity contribution in [2.75, 3.05) is 26.2 Å². The van der Waals surface area contributed by atoms with Crippen LogP contribution in [0.5, 0.6) is 0 Å². The summed E-state index contributed by atoms with van der Waals surface area (Å²) in [6, 6.07) is 2.89. The minimum Gasteiger partial charge on any atom is -0.378 e. The smallest absolute Gasteiger partial charge is 0.254 e. The van der Waals surface area contributed by atoms with Gasteiger partial charge in [-0.15, -0.1) is 12.4 Å². The van der Waals surface area contributed by atoms with Gasteiger partial charge < -0.3 is 15.4 Å². The van der Waals surface area contributed by atoms with Crippen LogP contribution in [0, 0.1) is 11.6 Å². The van der Waals surface area contributed by atoms with E-state index in [-0.39, 0.29) is 30.0 Å². The SMILES string of the molecule is Cl.NCCCOC1CCN(C(=O)c2cc(F)cc(F)c2)CC1. The third-order valence-corrected chi connectivity index (χ3v) is 3.54. The van der Waals surface area contributed by atoms with Gasteiger partial charge >= 0.3 is 0 Å². The van der Waals surface area contributed by atoms with Gasteiger partial charge in [0.15, 0.2) is 0 Å². The van der Waals surface area contributed by atoms with Crippen LogP contribution in [0.2, 0.25) is 0 Å². The van der Waals surface area contributed by atoms with Crippen molar-refractivity contribution < 1.29 is 18.3 Å². The summed E-state index contributed by atoms with van der Waals surface area (Å²) in [4.78, 5) is 13.8. The summed E-state index contributed by atoms with van der Waals surface area (Å²) in [5, 5.41) is 0. The summed E-state index contributed by atoms with van der Waals surface area (Å²) in [5.74, 6) is -1.81. The fourth-order valence-electron chi connectivity index (χ4n) is 2.42. The molecule has 22 heavy (non-hydrogen) atoms. The molecule has 0 aromatic heterocycles. The van der Waals surface area contributed by atoms with Gasteiger partial charge in [0.2, 0.25) is 0 Å². The molecule has 1 aliphatic heterocycles. The maximum Gasteiger partial charge on any atom is 0.254 e. The van der Waals surface area contributed by atoms with Crippen LogP contribution in [-0.4, -0.2) is 43.2 Å². The van der Waals surface area contributed by atoms with Crippen molar-refractivity contribution in [3.05, 3.63) is 35.4 Å². The molecule has 1 aromatic rings. The number of halogens is 3. The number of carbonyl (C=O) groups excluding carboxylic acids is 1. The summed E-state index contributed by atoms with van der Waals surface area (Å²) in [6.45, 7) is 2.29. The van der Waals surface area contributed by atoms with Crippen molar-refractivity contribution in [1.29, 1.82) is 0 Å². The monoisotopic (exact) mass is 334 g/mol. The third-order valence-electron chi connectivity index (χ3n) is 3.54. The van der Waals surface area contributed by atoms with Gasteiger partial charge in [0.05, 0.1) is 6.10 Å². The zero-order valence-electron chi connectivity index (χ0n) is 12.3. The van der Waals surface area contributed by atoms with Crippen LogP contribution in [0.3, 0.4) is 0 Å². The number of amides is 1. The van der Waals surface area contributed by atoms with Crippen molar-refractivity contribution >= 4 is 18.3 Å². The minimum absolute atomic E-state index is 0. The number of hydrogen-bond donors (Lipinski definition) is 1. The van der Waals surface area contributed by atoms with Gasteiger partial charge in [0, 0.05) is 31.3 Å². The van der Waals surface area contributed by atoms with Crippen molar-refractivity contribution in [2.45, 2.75) is 25.4 Å². The number of likely N-dealkylation sites (tertiary alicyclic amines) is 1. The van der Waals surface area contributed by atoms with E-state index in [0.29, 0.717) is 26.2 Å². The predicted molar refractivity (Wildman–Crippen MR) is 82.2 cm³/mol. The zero-order valence-corrected chi connectivity index (χ0v) is 13.1. The van der Waals surface area contributed by atoms with Crippen molar-refractivity contribution in [3.63, 3.8) is 0 Å². The maximum absolute atomic E-state index is 13.1. The molecule has 1 aliphatic rings. The quantitative estimate of drug-likeness (QED) is 0.841. The Balaban J connectivity index is 0.00000242.